The molecule has 79 heavy (non-hydrogen) atoms. The molecule has 0 saturated carbocycles. The Hall–Kier alpha value is -1.92. The van der Waals surface area contributed by atoms with E-state index in [1.54, 1.807) is 6.08 Å². The zero-order chi connectivity index (χ0) is 57.1. The van der Waals surface area contributed by atoms with Crippen LogP contribution in [-0.2, 0) is 14.3 Å². The van der Waals surface area contributed by atoms with E-state index in [-0.39, 0.29) is 18.5 Å². The molecule has 0 radical (unpaired) electrons. The molecule has 0 aromatic rings. The van der Waals surface area contributed by atoms with E-state index >= 15 is 0 Å². The highest BCUT2D eigenvalue weighted by molar-refractivity contribution is 5.76. The number of hydrogen-bond acceptors (Lipinski definition) is 5. The Morgan fingerprint density at radius 1 is 0.354 bits per heavy atom. The number of esters is 1. The Labute approximate surface area is 494 Å². The molecule has 2 unspecified atom stereocenters. The molecular formula is C73H139NO5. The average molecular weight is 1110 g/mol. The van der Waals surface area contributed by atoms with E-state index < -0.39 is 12.1 Å². The van der Waals surface area contributed by atoms with Gasteiger partial charge >= 0.3 is 5.97 Å². The van der Waals surface area contributed by atoms with E-state index in [0.29, 0.717) is 19.4 Å². The topological polar surface area (TPSA) is 95.9 Å². The summed E-state index contributed by atoms with van der Waals surface area (Å²) in [5.74, 6) is -0.0488. The Bertz CT molecular complexity index is 1280. The highest BCUT2D eigenvalue weighted by atomic mass is 16.5. The summed E-state index contributed by atoms with van der Waals surface area (Å²) in [6.07, 6.45) is 88.3. The molecule has 0 aromatic heterocycles. The van der Waals surface area contributed by atoms with Crippen molar-refractivity contribution in [2.75, 3.05) is 13.2 Å². The molecule has 0 aliphatic rings. The molecule has 466 valence electrons. The number of aliphatic hydroxyl groups excluding tert-OH is 2. The van der Waals surface area contributed by atoms with Gasteiger partial charge in [0, 0.05) is 12.8 Å². The molecule has 0 fully saturated rings. The van der Waals surface area contributed by atoms with Gasteiger partial charge in [0.05, 0.1) is 25.4 Å². The Kier molecular flexibility index (Phi) is 66.9. The molecule has 0 spiro atoms. The standard InChI is InChI=1S/C73H139NO5/c1-3-5-7-9-11-13-14-15-16-17-38-41-44-47-51-55-59-63-67-73(78)79-68-64-60-56-52-48-45-42-39-36-34-32-30-28-26-24-22-20-18-19-21-23-25-27-29-31-33-35-37-40-43-46-50-54-58-62-66-72(77)74-70(69-75)71(76)65-61-57-53-49-12-10-8-6-4-2/h13-14,16-17,61,65,70-71,75-76H,3-12,15,18-60,62-64,66-69H2,1-2H3,(H,74,77)/b14-13-,17-16-,65-61+. The van der Waals surface area contributed by atoms with E-state index in [0.717, 1.165) is 51.4 Å². The van der Waals surface area contributed by atoms with E-state index in [2.05, 4.69) is 43.5 Å². The molecule has 0 aliphatic carbocycles. The molecule has 0 saturated heterocycles. The van der Waals surface area contributed by atoms with Crippen LogP contribution in [0.25, 0.3) is 0 Å². The average Bonchev–Trinajstić information content (AvgIpc) is 3.45. The predicted molar refractivity (Wildman–Crippen MR) is 347 cm³/mol. The third-order valence-corrected chi connectivity index (χ3v) is 16.7. The minimum absolute atomic E-state index is 0.0152. The lowest BCUT2D eigenvalue weighted by Crippen LogP contribution is -2.45. The van der Waals surface area contributed by atoms with Crippen molar-refractivity contribution in [2.45, 2.75) is 405 Å². The van der Waals surface area contributed by atoms with E-state index in [1.807, 2.05) is 6.08 Å². The van der Waals surface area contributed by atoms with Crippen LogP contribution in [0.4, 0.5) is 0 Å². The fraction of sp³-hybridized carbons (Fsp3) is 0.890. The fourth-order valence-electron chi connectivity index (χ4n) is 11.2. The van der Waals surface area contributed by atoms with E-state index in [4.69, 9.17) is 4.74 Å². The summed E-state index contributed by atoms with van der Waals surface area (Å²) in [6.45, 7) is 4.88. The lowest BCUT2D eigenvalue weighted by molar-refractivity contribution is -0.143. The highest BCUT2D eigenvalue weighted by Crippen LogP contribution is 2.19. The summed E-state index contributed by atoms with van der Waals surface area (Å²) in [7, 11) is 0. The van der Waals surface area contributed by atoms with Gasteiger partial charge in [-0.3, -0.25) is 9.59 Å². The first-order valence-electron chi connectivity index (χ1n) is 35.8. The first kappa shape index (κ1) is 77.1. The van der Waals surface area contributed by atoms with Crippen LogP contribution in [0.1, 0.15) is 393 Å². The second kappa shape index (κ2) is 68.6. The van der Waals surface area contributed by atoms with Crippen LogP contribution in [0.5, 0.6) is 0 Å². The number of allylic oxidation sites excluding steroid dienone is 5. The van der Waals surface area contributed by atoms with Crippen molar-refractivity contribution in [3.8, 4) is 0 Å². The van der Waals surface area contributed by atoms with Gasteiger partial charge < -0.3 is 20.3 Å². The highest BCUT2D eigenvalue weighted by Gasteiger charge is 2.18. The quantitative estimate of drug-likeness (QED) is 0.0320. The van der Waals surface area contributed by atoms with Crippen molar-refractivity contribution < 1.29 is 24.5 Å². The van der Waals surface area contributed by atoms with Crippen LogP contribution in [0.2, 0.25) is 0 Å². The van der Waals surface area contributed by atoms with Crippen LogP contribution in [-0.4, -0.2) is 47.4 Å². The summed E-state index contributed by atoms with van der Waals surface area (Å²) in [5, 5.41) is 23.0. The number of rotatable bonds is 67. The molecule has 0 aliphatic heterocycles. The molecule has 0 aromatic carbocycles. The molecule has 0 rings (SSSR count). The van der Waals surface area contributed by atoms with Crippen molar-refractivity contribution in [2.24, 2.45) is 0 Å². The van der Waals surface area contributed by atoms with Crippen molar-refractivity contribution in [1.82, 2.24) is 5.32 Å². The van der Waals surface area contributed by atoms with E-state index in [9.17, 15) is 19.8 Å². The normalized spacial score (nSPS) is 12.7. The van der Waals surface area contributed by atoms with Gasteiger partial charge in [-0.1, -0.05) is 352 Å². The van der Waals surface area contributed by atoms with Crippen molar-refractivity contribution in [1.29, 1.82) is 0 Å². The zero-order valence-electron chi connectivity index (χ0n) is 53.4. The molecule has 1 amide bonds. The van der Waals surface area contributed by atoms with Crippen LogP contribution in [0.3, 0.4) is 0 Å². The SMILES string of the molecule is CCCCCC/C=C\C/C=C\CCCCCCCCCC(=O)OCCCCCCCCCCCCCCCCCCCCCCCCCCCCCCCCCCCCCC(=O)NC(CO)C(O)/C=C/CCCCCCCCC. The van der Waals surface area contributed by atoms with E-state index in [1.165, 1.54) is 315 Å². The Balaban J connectivity index is 3.28. The van der Waals surface area contributed by atoms with Crippen LogP contribution in [0.15, 0.2) is 36.5 Å². The van der Waals surface area contributed by atoms with Crippen LogP contribution < -0.4 is 5.32 Å². The number of unbranched alkanes of at least 4 members (excludes halogenated alkanes) is 52. The Morgan fingerprint density at radius 2 is 0.633 bits per heavy atom. The van der Waals surface area contributed by atoms with Crippen molar-refractivity contribution in [3.63, 3.8) is 0 Å². The van der Waals surface area contributed by atoms with Gasteiger partial charge in [0.25, 0.3) is 0 Å². The minimum atomic E-state index is -0.838. The maximum atomic E-state index is 12.4. The number of aliphatic hydroxyl groups is 2. The molecule has 6 heteroatoms. The molecule has 2 atom stereocenters. The number of ether oxygens (including phenoxy) is 1. The molecule has 0 bridgehead atoms. The lowest BCUT2D eigenvalue weighted by Gasteiger charge is -2.20. The summed E-state index contributed by atoms with van der Waals surface area (Å²) >= 11 is 0. The van der Waals surface area contributed by atoms with Gasteiger partial charge in [0.2, 0.25) is 5.91 Å². The number of amides is 1. The minimum Gasteiger partial charge on any atom is -0.466 e. The van der Waals surface area contributed by atoms with Gasteiger partial charge in [-0.15, -0.1) is 0 Å². The smallest absolute Gasteiger partial charge is 0.305 e. The summed E-state index contributed by atoms with van der Waals surface area (Å²) in [5.41, 5.74) is 0. The molecular weight excluding hydrogens is 971 g/mol. The largest absolute Gasteiger partial charge is 0.466 e. The molecule has 3 N–H and O–H groups in total. The van der Waals surface area contributed by atoms with Gasteiger partial charge in [-0.25, -0.2) is 0 Å². The second-order valence-corrected chi connectivity index (χ2v) is 24.6. The maximum absolute atomic E-state index is 12.4. The third kappa shape index (κ3) is 65.1. The monoisotopic (exact) mass is 1110 g/mol. The van der Waals surface area contributed by atoms with Crippen molar-refractivity contribution >= 4 is 11.9 Å². The zero-order valence-corrected chi connectivity index (χ0v) is 53.4. The first-order chi connectivity index (χ1) is 39.0. The van der Waals surface area contributed by atoms with Gasteiger partial charge in [-0.05, 0) is 64.2 Å². The number of hydrogen-bond donors (Lipinski definition) is 3. The summed E-state index contributed by atoms with van der Waals surface area (Å²) < 4.78 is 5.51. The second-order valence-electron chi connectivity index (χ2n) is 24.6. The lowest BCUT2D eigenvalue weighted by atomic mass is 10.0. The van der Waals surface area contributed by atoms with Gasteiger partial charge in [-0.2, -0.15) is 0 Å². The van der Waals surface area contributed by atoms with Crippen molar-refractivity contribution in [3.05, 3.63) is 36.5 Å². The first-order valence-corrected chi connectivity index (χ1v) is 35.8. The Morgan fingerprint density at radius 3 is 0.975 bits per heavy atom. The van der Waals surface area contributed by atoms with Crippen LogP contribution >= 0.6 is 0 Å². The van der Waals surface area contributed by atoms with Crippen LogP contribution in [0, 0.1) is 0 Å². The fourth-order valence-corrected chi connectivity index (χ4v) is 11.2. The number of nitrogens with one attached hydrogen (secondary N) is 1. The maximum Gasteiger partial charge on any atom is 0.305 e. The summed E-state index contributed by atoms with van der Waals surface area (Å²) in [4.78, 5) is 24.5. The third-order valence-electron chi connectivity index (χ3n) is 16.7. The predicted octanol–water partition coefficient (Wildman–Crippen LogP) is 23.1. The van der Waals surface area contributed by atoms with Gasteiger partial charge in [0.1, 0.15) is 0 Å². The number of carbonyl (C=O) groups is 2. The molecule has 0 heterocycles. The molecule has 6 nitrogen and oxygen atoms in total. The number of carbonyl (C=O) groups excluding carboxylic acids is 2. The van der Waals surface area contributed by atoms with Gasteiger partial charge in [0.15, 0.2) is 0 Å². The summed E-state index contributed by atoms with van der Waals surface area (Å²) in [6, 6.07) is -0.621.